The minimum Gasteiger partial charge on any atom is -0.361 e. The molecule has 7 nitrogen and oxygen atoms in total. The van der Waals surface area contributed by atoms with Crippen LogP contribution in [0.2, 0.25) is 0 Å². The Labute approximate surface area is 202 Å². The fourth-order valence-electron chi connectivity index (χ4n) is 3.87. The van der Waals surface area contributed by atoms with E-state index in [0.717, 1.165) is 46.2 Å². The number of likely N-dealkylation sites (N-methyl/N-ethyl adjacent to an activating group) is 1. The number of carbonyl (C=O) groups excluding carboxylic acids is 1. The number of aromatic nitrogens is 4. The molecule has 0 aliphatic carbocycles. The van der Waals surface area contributed by atoms with Crippen molar-refractivity contribution >= 4 is 30.8 Å². The Morgan fingerprint density at radius 1 is 1.12 bits per heavy atom. The third kappa shape index (κ3) is 5.19. The number of nitrogens with one attached hydrogen (secondary N) is 1. The quantitative estimate of drug-likeness (QED) is 0.582. The second kappa shape index (κ2) is 9.65. The average molecular weight is 493 g/mol. The highest BCUT2D eigenvalue weighted by atomic mass is 32.1. The molecule has 1 N–H and O–H groups in total. The van der Waals surface area contributed by atoms with Crippen LogP contribution in [0.4, 0.5) is 24.5 Å². The van der Waals surface area contributed by atoms with Gasteiger partial charge >= 0.3 is 6.18 Å². The van der Waals surface area contributed by atoms with E-state index in [9.17, 15) is 18.0 Å². The van der Waals surface area contributed by atoms with Crippen molar-refractivity contribution in [3.8, 4) is 0 Å². The predicted molar refractivity (Wildman–Crippen MR) is 129 cm³/mol. The number of benzene rings is 1. The van der Waals surface area contributed by atoms with Gasteiger partial charge in [-0.05, 0) is 62.9 Å². The lowest BCUT2D eigenvalue weighted by molar-refractivity contribution is -0.137. The number of fused-ring (bicyclic) bond motifs is 1. The summed E-state index contributed by atoms with van der Waals surface area (Å²) in [4.78, 5) is 18.6. The van der Waals surface area contributed by atoms with Gasteiger partial charge in [-0.25, -0.2) is 4.68 Å². The van der Waals surface area contributed by atoms with E-state index in [1.807, 2.05) is 31.9 Å². The summed E-state index contributed by atoms with van der Waals surface area (Å²) >= 11 is 0. The minimum absolute atomic E-state index is 0. The normalized spacial score (nSPS) is 15.6. The van der Waals surface area contributed by atoms with Crippen molar-refractivity contribution in [1.82, 2.24) is 20.0 Å². The number of pyridine rings is 1. The molecule has 0 fully saturated rings. The Balaban J connectivity index is 0.00000324. The first-order chi connectivity index (χ1) is 15.5. The number of anilines is 2. The zero-order chi connectivity index (χ0) is 23.9. The van der Waals surface area contributed by atoms with Gasteiger partial charge in [-0.15, -0.1) is 5.10 Å². The zero-order valence-electron chi connectivity index (χ0n) is 19.4. The Bertz CT molecular complexity index is 1210. The molecule has 1 aliphatic rings. The molecule has 11 heteroatoms. The molecule has 0 bridgehead atoms. The van der Waals surface area contributed by atoms with Crippen LogP contribution in [0.15, 0.2) is 30.5 Å². The zero-order valence-corrected chi connectivity index (χ0v) is 20.4. The molecule has 3 heterocycles. The van der Waals surface area contributed by atoms with Gasteiger partial charge in [0.25, 0.3) is 0 Å². The molecule has 0 saturated carbocycles. The highest BCUT2D eigenvalue weighted by Crippen LogP contribution is 2.34. The van der Waals surface area contributed by atoms with Gasteiger partial charge in [0.15, 0.2) is 0 Å². The summed E-state index contributed by atoms with van der Waals surface area (Å²) in [6.45, 7) is 5.69. The van der Waals surface area contributed by atoms with E-state index in [2.05, 4.69) is 20.6 Å². The smallest absolute Gasteiger partial charge is 0.361 e. The van der Waals surface area contributed by atoms with Crippen LogP contribution in [0.25, 0.3) is 0 Å². The van der Waals surface area contributed by atoms with E-state index in [4.69, 9.17) is 0 Å². The monoisotopic (exact) mass is 492 g/mol. The van der Waals surface area contributed by atoms with Crippen LogP contribution in [0.5, 0.6) is 0 Å². The van der Waals surface area contributed by atoms with E-state index in [0.29, 0.717) is 18.4 Å². The summed E-state index contributed by atoms with van der Waals surface area (Å²) in [5.41, 5.74) is 4.63. The van der Waals surface area contributed by atoms with Crippen molar-refractivity contribution in [2.24, 2.45) is 0 Å². The van der Waals surface area contributed by atoms with Crippen LogP contribution >= 0.6 is 13.5 Å². The lowest BCUT2D eigenvalue weighted by Crippen LogP contribution is -2.44. The molecular weight excluding hydrogens is 465 g/mol. The van der Waals surface area contributed by atoms with Gasteiger partial charge in [-0.3, -0.25) is 9.78 Å². The maximum Gasteiger partial charge on any atom is 0.416 e. The fourth-order valence-corrected chi connectivity index (χ4v) is 3.87. The van der Waals surface area contributed by atoms with Crippen molar-refractivity contribution < 1.29 is 18.0 Å². The Morgan fingerprint density at radius 2 is 1.82 bits per heavy atom. The second-order valence-electron chi connectivity index (χ2n) is 8.42. The molecule has 1 aromatic carbocycles. The average Bonchev–Trinajstić information content (AvgIpc) is 3.19. The van der Waals surface area contributed by atoms with Crippen molar-refractivity contribution in [3.63, 3.8) is 0 Å². The van der Waals surface area contributed by atoms with Crippen molar-refractivity contribution in [2.45, 2.75) is 52.4 Å². The minimum atomic E-state index is -4.38. The lowest BCUT2D eigenvalue weighted by Gasteiger charge is -2.34. The highest BCUT2D eigenvalue weighted by Gasteiger charge is 2.31. The largest absolute Gasteiger partial charge is 0.416 e. The first-order valence-electron chi connectivity index (χ1n) is 10.6. The van der Waals surface area contributed by atoms with E-state index >= 15 is 0 Å². The van der Waals surface area contributed by atoms with Crippen LogP contribution < -0.4 is 10.2 Å². The highest BCUT2D eigenvalue weighted by molar-refractivity contribution is 7.59. The van der Waals surface area contributed by atoms with Gasteiger partial charge in [0.2, 0.25) is 5.91 Å². The van der Waals surface area contributed by atoms with Gasteiger partial charge in [-0.1, -0.05) is 11.3 Å². The molecule has 3 aromatic rings. The molecule has 0 spiro atoms. The maximum atomic E-state index is 13.0. The van der Waals surface area contributed by atoms with Crippen LogP contribution in [-0.4, -0.2) is 39.0 Å². The van der Waals surface area contributed by atoms with Crippen LogP contribution in [0, 0.1) is 13.8 Å². The number of halogens is 3. The van der Waals surface area contributed by atoms with Crippen LogP contribution in [0.3, 0.4) is 0 Å². The number of amides is 1. The third-order valence-corrected chi connectivity index (χ3v) is 6.05. The molecule has 182 valence electrons. The standard InChI is InChI=1S/C23H25F3N6O.H2S/c1-13-5-6-17(23(24,25)26)9-16(13)11-32-12-19(29-30-32)8-7-18-10-20-21(14(2)27-18)28-22(33)15(3)31(20)4;/h5-6,9-10,12,15H,7-8,11H2,1-4H3,(H,28,33);1H2/t15-;/m0./s1. The van der Waals surface area contributed by atoms with Crippen LogP contribution in [0.1, 0.15) is 40.7 Å². The molecule has 0 saturated heterocycles. The molecule has 34 heavy (non-hydrogen) atoms. The van der Waals surface area contributed by atoms with Gasteiger partial charge < -0.3 is 10.2 Å². The Kier molecular flexibility index (Phi) is 7.25. The summed E-state index contributed by atoms with van der Waals surface area (Å²) in [5.74, 6) is -0.0599. The number of hydrogen-bond donors (Lipinski definition) is 1. The number of rotatable bonds is 5. The number of hydrogen-bond acceptors (Lipinski definition) is 5. The molecule has 0 radical (unpaired) electrons. The van der Waals surface area contributed by atoms with Gasteiger partial charge in [0, 0.05) is 18.9 Å². The van der Waals surface area contributed by atoms with Gasteiger partial charge in [-0.2, -0.15) is 26.7 Å². The SMILES string of the molecule is Cc1ccc(C(F)(F)F)cc1Cn1cc(CCc2cc3c(c(C)n2)NC(=O)[C@H](C)N3C)nn1.S. The summed E-state index contributed by atoms with van der Waals surface area (Å²) < 4.78 is 40.7. The Morgan fingerprint density at radius 3 is 2.53 bits per heavy atom. The molecule has 1 aliphatic heterocycles. The molecule has 2 aromatic heterocycles. The van der Waals surface area contributed by atoms with Crippen molar-refractivity contribution in [3.05, 3.63) is 64.2 Å². The third-order valence-electron chi connectivity index (χ3n) is 6.05. The molecular formula is C23H27F3N6OS. The maximum absolute atomic E-state index is 13.0. The lowest BCUT2D eigenvalue weighted by atomic mass is 10.0. The summed E-state index contributed by atoms with van der Waals surface area (Å²) in [6, 6.07) is 5.41. The topological polar surface area (TPSA) is 75.9 Å². The number of carbonyl (C=O) groups is 1. The fraction of sp³-hybridized carbons (Fsp3) is 0.391. The van der Waals surface area contributed by atoms with E-state index in [1.165, 1.54) is 6.07 Å². The summed E-state index contributed by atoms with van der Waals surface area (Å²) in [5, 5.41) is 11.2. The number of nitrogens with zero attached hydrogens (tertiary/aromatic N) is 5. The second-order valence-corrected chi connectivity index (χ2v) is 8.42. The predicted octanol–water partition coefficient (Wildman–Crippen LogP) is 4.03. The molecule has 1 amide bonds. The first kappa shape index (κ1) is 25.5. The number of aryl methyl sites for hydroxylation is 4. The van der Waals surface area contributed by atoms with E-state index in [1.54, 1.807) is 17.8 Å². The first-order valence-corrected chi connectivity index (χ1v) is 10.6. The molecule has 4 rings (SSSR count). The Hall–Kier alpha value is -3.08. The van der Waals surface area contributed by atoms with Crippen LogP contribution in [-0.2, 0) is 30.4 Å². The van der Waals surface area contributed by atoms with E-state index in [-0.39, 0.29) is 32.0 Å². The molecule has 1 atom stereocenters. The van der Waals surface area contributed by atoms with Crippen molar-refractivity contribution in [2.75, 3.05) is 17.3 Å². The molecule has 0 unspecified atom stereocenters. The number of alkyl halides is 3. The van der Waals surface area contributed by atoms with Gasteiger partial charge in [0.05, 0.1) is 34.9 Å². The summed E-state index contributed by atoms with van der Waals surface area (Å²) in [6.07, 6.45) is -1.44. The van der Waals surface area contributed by atoms with E-state index < -0.39 is 11.7 Å². The van der Waals surface area contributed by atoms with Gasteiger partial charge in [0.1, 0.15) is 6.04 Å². The van der Waals surface area contributed by atoms with Crippen molar-refractivity contribution in [1.29, 1.82) is 0 Å². The summed E-state index contributed by atoms with van der Waals surface area (Å²) in [7, 11) is 1.88.